The van der Waals surface area contributed by atoms with Gasteiger partial charge in [0.2, 0.25) is 11.8 Å². The predicted octanol–water partition coefficient (Wildman–Crippen LogP) is 3.76. The van der Waals surface area contributed by atoms with E-state index in [1.165, 1.54) is 0 Å². The third-order valence-electron chi connectivity index (χ3n) is 8.50. The number of morpholine rings is 2. The van der Waals surface area contributed by atoms with Crippen molar-refractivity contribution in [2.24, 2.45) is 0 Å². The van der Waals surface area contributed by atoms with Gasteiger partial charge >= 0.3 is 0 Å². The molecule has 4 amide bonds. The van der Waals surface area contributed by atoms with Gasteiger partial charge in [0.05, 0.1) is 39.5 Å². The third kappa shape index (κ3) is 9.24. The van der Waals surface area contributed by atoms with Gasteiger partial charge in [0.25, 0.3) is 11.8 Å². The van der Waals surface area contributed by atoms with E-state index in [0.29, 0.717) is 48.9 Å². The summed E-state index contributed by atoms with van der Waals surface area (Å²) in [7, 11) is 0. The van der Waals surface area contributed by atoms with Gasteiger partial charge in [-0.05, 0) is 83.9 Å². The van der Waals surface area contributed by atoms with Crippen LogP contribution in [-0.2, 0) is 19.1 Å². The number of hydrogen-bond donors (Lipinski definition) is 4. The van der Waals surface area contributed by atoms with Crippen molar-refractivity contribution in [1.29, 1.82) is 0 Å². The minimum Gasteiger partial charge on any atom is -0.378 e. The van der Waals surface area contributed by atoms with E-state index in [4.69, 9.17) is 9.47 Å². The summed E-state index contributed by atoms with van der Waals surface area (Å²) in [5.41, 5.74) is 5.99. The Bertz CT molecular complexity index is 1630. The summed E-state index contributed by atoms with van der Waals surface area (Å²) < 4.78 is 10.8. The molecule has 0 saturated carbocycles. The molecule has 12 nitrogen and oxygen atoms in total. The Kier molecular flexibility index (Phi) is 11.3. The molecule has 50 heavy (non-hydrogen) atoms. The SMILES string of the molecule is O=C(CNC(=O)c1ccc(-c2ccc(C(=O)NCC(=O)Nc3ccc(N4CCOCC4)cc3)cc2)cc1)Nc1ccc(N2CCOCC2)cc1. The predicted molar refractivity (Wildman–Crippen MR) is 193 cm³/mol. The van der Waals surface area contributed by atoms with Crippen LogP contribution in [0.1, 0.15) is 20.7 Å². The van der Waals surface area contributed by atoms with Crippen molar-refractivity contribution >= 4 is 46.4 Å². The van der Waals surface area contributed by atoms with Crippen LogP contribution in [0.4, 0.5) is 22.7 Å². The monoisotopic (exact) mass is 676 g/mol. The molecule has 2 fully saturated rings. The first-order valence-electron chi connectivity index (χ1n) is 16.6. The summed E-state index contributed by atoms with van der Waals surface area (Å²) in [6, 6.07) is 29.1. The molecule has 6 rings (SSSR count). The average Bonchev–Trinajstić information content (AvgIpc) is 3.17. The van der Waals surface area contributed by atoms with E-state index in [2.05, 4.69) is 31.1 Å². The number of hydrogen-bond acceptors (Lipinski definition) is 8. The smallest absolute Gasteiger partial charge is 0.251 e. The Balaban J connectivity index is 0.922. The number of nitrogens with zero attached hydrogens (tertiary/aromatic N) is 2. The number of nitrogens with one attached hydrogen (secondary N) is 4. The molecular weight excluding hydrogens is 636 g/mol. The van der Waals surface area contributed by atoms with Crippen molar-refractivity contribution in [2.75, 3.05) is 86.1 Å². The van der Waals surface area contributed by atoms with Crippen molar-refractivity contribution in [3.05, 3.63) is 108 Å². The molecule has 258 valence electrons. The first kappa shape index (κ1) is 34.2. The molecule has 0 bridgehead atoms. The van der Waals surface area contributed by atoms with E-state index in [-0.39, 0.29) is 36.7 Å². The zero-order chi connectivity index (χ0) is 34.7. The van der Waals surface area contributed by atoms with Crippen molar-refractivity contribution in [1.82, 2.24) is 10.6 Å². The van der Waals surface area contributed by atoms with E-state index in [1.54, 1.807) is 48.5 Å². The quantitative estimate of drug-likeness (QED) is 0.188. The van der Waals surface area contributed by atoms with Gasteiger partial charge in [-0.1, -0.05) is 24.3 Å². The van der Waals surface area contributed by atoms with E-state index in [1.807, 2.05) is 48.5 Å². The fraction of sp³-hybridized carbons (Fsp3) is 0.263. The van der Waals surface area contributed by atoms with Crippen LogP contribution < -0.4 is 31.1 Å². The normalized spacial score (nSPS) is 14.4. The molecule has 0 radical (unpaired) electrons. The zero-order valence-electron chi connectivity index (χ0n) is 27.7. The Morgan fingerprint density at radius 1 is 0.480 bits per heavy atom. The Morgan fingerprint density at radius 2 is 0.820 bits per heavy atom. The molecule has 2 saturated heterocycles. The number of amides is 4. The molecule has 4 N–H and O–H groups in total. The Morgan fingerprint density at radius 3 is 1.16 bits per heavy atom. The molecule has 12 heteroatoms. The maximum Gasteiger partial charge on any atom is 0.251 e. The molecule has 0 aromatic heterocycles. The van der Waals surface area contributed by atoms with Crippen LogP contribution in [0.25, 0.3) is 11.1 Å². The third-order valence-corrected chi connectivity index (χ3v) is 8.50. The van der Waals surface area contributed by atoms with Crippen molar-refractivity contribution < 1.29 is 28.7 Å². The summed E-state index contributed by atoms with van der Waals surface area (Å²) in [5.74, 6) is -1.38. The number of carbonyl (C=O) groups is 4. The summed E-state index contributed by atoms with van der Waals surface area (Å²) in [6.07, 6.45) is 0. The van der Waals surface area contributed by atoms with E-state index in [0.717, 1.165) is 48.7 Å². The number of benzene rings is 4. The van der Waals surface area contributed by atoms with Gasteiger partial charge in [-0.2, -0.15) is 0 Å². The van der Waals surface area contributed by atoms with Crippen LogP contribution in [-0.4, -0.2) is 89.3 Å². The Labute approximate surface area is 290 Å². The van der Waals surface area contributed by atoms with Crippen LogP contribution in [0.3, 0.4) is 0 Å². The first-order chi connectivity index (χ1) is 24.4. The van der Waals surface area contributed by atoms with Gasteiger partial charge in [0.15, 0.2) is 0 Å². The number of ether oxygens (including phenoxy) is 2. The molecule has 0 aliphatic carbocycles. The minimum atomic E-state index is -0.365. The molecule has 0 spiro atoms. The zero-order valence-corrected chi connectivity index (χ0v) is 27.7. The summed E-state index contributed by atoms with van der Waals surface area (Å²) in [5, 5.41) is 10.9. The fourth-order valence-corrected chi connectivity index (χ4v) is 5.72. The second-order valence-corrected chi connectivity index (χ2v) is 11.9. The Hall–Kier alpha value is -5.72. The highest BCUT2D eigenvalue weighted by molar-refractivity contribution is 6.00. The van der Waals surface area contributed by atoms with Gasteiger partial charge < -0.3 is 40.5 Å². The number of carbonyl (C=O) groups excluding carboxylic acids is 4. The highest BCUT2D eigenvalue weighted by Gasteiger charge is 2.14. The van der Waals surface area contributed by atoms with Crippen LogP contribution >= 0.6 is 0 Å². The average molecular weight is 677 g/mol. The second kappa shape index (κ2) is 16.6. The lowest BCUT2D eigenvalue weighted by atomic mass is 10.0. The van der Waals surface area contributed by atoms with Crippen LogP contribution in [0, 0.1) is 0 Å². The van der Waals surface area contributed by atoms with Gasteiger partial charge in [0.1, 0.15) is 0 Å². The van der Waals surface area contributed by atoms with Crippen LogP contribution in [0.5, 0.6) is 0 Å². The maximum atomic E-state index is 12.7. The lowest BCUT2D eigenvalue weighted by molar-refractivity contribution is -0.116. The maximum absolute atomic E-state index is 12.7. The molecule has 4 aromatic carbocycles. The fourth-order valence-electron chi connectivity index (χ4n) is 5.72. The number of anilines is 4. The van der Waals surface area contributed by atoms with E-state index >= 15 is 0 Å². The molecular formula is C38H40N6O6. The molecule has 2 aliphatic rings. The van der Waals surface area contributed by atoms with Crippen LogP contribution in [0.15, 0.2) is 97.1 Å². The first-order valence-corrected chi connectivity index (χ1v) is 16.6. The molecule has 4 aromatic rings. The van der Waals surface area contributed by atoms with Gasteiger partial charge in [-0.3, -0.25) is 19.2 Å². The van der Waals surface area contributed by atoms with E-state index < -0.39 is 0 Å². The molecule has 2 aliphatic heterocycles. The van der Waals surface area contributed by atoms with E-state index in [9.17, 15) is 19.2 Å². The summed E-state index contributed by atoms with van der Waals surface area (Å²) in [6.45, 7) is 5.80. The molecule has 0 atom stereocenters. The minimum absolute atomic E-state index is 0.167. The van der Waals surface area contributed by atoms with Crippen molar-refractivity contribution in [3.8, 4) is 11.1 Å². The van der Waals surface area contributed by atoms with Gasteiger partial charge in [-0.15, -0.1) is 0 Å². The molecule has 0 unspecified atom stereocenters. The highest BCUT2D eigenvalue weighted by atomic mass is 16.5. The van der Waals surface area contributed by atoms with Crippen molar-refractivity contribution in [3.63, 3.8) is 0 Å². The van der Waals surface area contributed by atoms with Gasteiger partial charge in [-0.25, -0.2) is 0 Å². The number of rotatable bonds is 11. The lowest BCUT2D eigenvalue weighted by Crippen LogP contribution is -2.36. The lowest BCUT2D eigenvalue weighted by Gasteiger charge is -2.28. The largest absolute Gasteiger partial charge is 0.378 e. The topological polar surface area (TPSA) is 141 Å². The second-order valence-electron chi connectivity index (χ2n) is 11.9. The van der Waals surface area contributed by atoms with Gasteiger partial charge in [0, 0.05) is 60.1 Å². The highest BCUT2D eigenvalue weighted by Crippen LogP contribution is 2.22. The molecule has 2 heterocycles. The van der Waals surface area contributed by atoms with Crippen LogP contribution in [0.2, 0.25) is 0 Å². The summed E-state index contributed by atoms with van der Waals surface area (Å²) >= 11 is 0. The summed E-state index contributed by atoms with van der Waals surface area (Å²) in [4.78, 5) is 54.7. The standard InChI is InChI=1S/C38H40N6O6/c45-35(41-31-9-13-33(14-10-31)43-17-21-49-22-18-43)25-39-37(47)29-5-1-27(2-6-29)28-3-7-30(8-4-28)38(48)40-26-36(46)42-32-11-15-34(16-12-32)44-19-23-50-24-20-44/h1-16H,17-26H2,(H,39,47)(H,40,48)(H,41,45)(H,42,46). The van der Waals surface area contributed by atoms with Crippen molar-refractivity contribution in [2.45, 2.75) is 0 Å².